The van der Waals surface area contributed by atoms with Crippen molar-refractivity contribution in [3.63, 3.8) is 0 Å². The van der Waals surface area contributed by atoms with Gasteiger partial charge in [-0.1, -0.05) is 71.7 Å². The van der Waals surface area contributed by atoms with Crippen molar-refractivity contribution in [1.82, 2.24) is 4.48 Å². The topological polar surface area (TPSA) is 141 Å². The van der Waals surface area contributed by atoms with Crippen LogP contribution in [0.4, 0.5) is 5.69 Å². The molecular formula is C31H24Cl2N2O8S2. The van der Waals surface area contributed by atoms with Gasteiger partial charge in [0.1, 0.15) is 0 Å². The number of halogens is 2. The van der Waals surface area contributed by atoms with Gasteiger partial charge in [-0.25, -0.2) is 21.3 Å². The first kappa shape index (κ1) is 30.2. The predicted octanol–water partition coefficient (Wildman–Crippen LogP) is 5.80. The van der Waals surface area contributed by atoms with Gasteiger partial charge in [0, 0.05) is 51.9 Å². The number of aromatic nitrogens is 1. The summed E-state index contributed by atoms with van der Waals surface area (Å²) in [5, 5.41) is 2.51. The zero-order chi connectivity index (χ0) is 31.7. The number of rotatable bonds is 7. The van der Waals surface area contributed by atoms with E-state index in [0.717, 1.165) is 16.2 Å². The minimum Gasteiger partial charge on any atom is -0.748 e. The number of hydrogen-bond donors (Lipinski definition) is 0. The van der Waals surface area contributed by atoms with Crippen LogP contribution in [-0.4, -0.2) is 43.6 Å². The first-order chi connectivity index (χ1) is 21.4. The van der Waals surface area contributed by atoms with Gasteiger partial charge in [-0.15, -0.1) is 0 Å². The van der Waals surface area contributed by atoms with Crippen molar-refractivity contribution in [3.8, 4) is 5.75 Å². The summed E-state index contributed by atoms with van der Waals surface area (Å²) in [6.45, 7) is 0.453. The van der Waals surface area contributed by atoms with Gasteiger partial charge in [-0.2, -0.15) is 4.57 Å². The average molecular weight is 688 g/mol. The summed E-state index contributed by atoms with van der Waals surface area (Å²) in [5.74, 6) is 0.430. The van der Waals surface area contributed by atoms with Crippen molar-refractivity contribution in [2.75, 3.05) is 12.3 Å². The zero-order valence-electron chi connectivity index (χ0n) is 23.4. The second kappa shape index (κ2) is 10.8. The molecule has 10 nitrogen and oxygen atoms in total. The summed E-state index contributed by atoms with van der Waals surface area (Å²) in [4.78, 5) is 0. The van der Waals surface area contributed by atoms with E-state index < -0.39 is 31.4 Å². The molecular weight excluding hydrogens is 663 g/mol. The van der Waals surface area contributed by atoms with Crippen molar-refractivity contribution in [2.45, 2.75) is 24.8 Å². The maximum atomic E-state index is 12.4. The van der Waals surface area contributed by atoms with Gasteiger partial charge in [0.05, 0.1) is 39.2 Å². The number of aryl methyl sites for hydroxylation is 1. The average Bonchev–Trinajstić information content (AvgIpc) is 3.48. The Labute approximate surface area is 268 Å². The summed E-state index contributed by atoms with van der Waals surface area (Å²) in [6, 6.07) is 18.1. The highest BCUT2D eigenvalue weighted by Gasteiger charge is 2.61. The maximum absolute atomic E-state index is 12.4. The van der Waals surface area contributed by atoms with E-state index >= 15 is 0 Å². The van der Waals surface area contributed by atoms with Crippen molar-refractivity contribution < 1.29 is 39.7 Å². The normalized spacial score (nSPS) is 20.9. The Morgan fingerprint density at radius 1 is 0.933 bits per heavy atom. The minimum atomic E-state index is -4.72. The summed E-state index contributed by atoms with van der Waals surface area (Å²) in [5.41, 5.74) is 1.61. The zero-order valence-corrected chi connectivity index (χ0v) is 26.5. The van der Waals surface area contributed by atoms with E-state index in [1.54, 1.807) is 34.9 Å². The first-order valence-corrected chi connectivity index (χ1v) is 17.8. The lowest BCUT2D eigenvalue weighted by Crippen LogP contribution is -2.67. The lowest BCUT2D eigenvalue weighted by Gasteiger charge is -2.47. The van der Waals surface area contributed by atoms with Crippen LogP contribution in [0.2, 0.25) is 10.0 Å². The minimum absolute atomic E-state index is 0.0345. The van der Waals surface area contributed by atoms with Crippen molar-refractivity contribution in [1.29, 1.82) is 0 Å². The Balaban J connectivity index is 1.35. The largest absolute Gasteiger partial charge is 0.748 e. The first-order valence-electron chi connectivity index (χ1n) is 14.0. The molecule has 0 amide bonds. The Bertz CT molecular complexity index is 2330. The molecule has 0 N–H and O–H groups in total. The molecule has 45 heavy (non-hydrogen) atoms. The molecule has 2 aliphatic rings. The van der Waals surface area contributed by atoms with Gasteiger partial charge in [-0.3, -0.25) is 0 Å². The molecule has 2 aliphatic heterocycles. The van der Waals surface area contributed by atoms with Gasteiger partial charge in [0.25, 0.3) is 5.52 Å². The van der Waals surface area contributed by atoms with Crippen LogP contribution >= 0.6 is 23.2 Å². The van der Waals surface area contributed by atoms with Gasteiger partial charge < -0.3 is 18.3 Å². The second-order valence-corrected chi connectivity index (χ2v) is 14.9. The highest BCUT2D eigenvalue weighted by atomic mass is 35.5. The van der Waals surface area contributed by atoms with E-state index in [4.69, 9.17) is 32.4 Å². The number of fused-ring (bicyclic) bond motifs is 7. The molecule has 5 aromatic rings. The standard InChI is InChI=1S/C31H24Cl2N2O8S2/c32-23-17-25-30(21-9-3-1-7-19(21)23)42-27(34(25)14-6-16-44(36,37)38)11-5-12-28-35(15-13-29(35)45(39,40)41)26-18-24(33)20-8-2-4-10-22(20)31(26)43-28/h1-5,7-12,17-18,29H,6,13-16H2. The van der Waals surface area contributed by atoms with E-state index in [2.05, 4.69) is 0 Å². The van der Waals surface area contributed by atoms with Gasteiger partial charge >= 0.3 is 11.8 Å². The molecule has 2 unspecified atom stereocenters. The number of benzene rings is 4. The van der Waals surface area contributed by atoms with Crippen LogP contribution in [-0.2, 0) is 26.8 Å². The molecule has 14 heteroatoms. The molecule has 7 rings (SSSR count). The third-order valence-corrected chi connectivity index (χ3v) is 11.1. The summed E-state index contributed by atoms with van der Waals surface area (Å²) >= 11 is 13.2. The molecule has 232 valence electrons. The van der Waals surface area contributed by atoms with Gasteiger partial charge in [0.15, 0.2) is 27.7 Å². The lowest BCUT2D eigenvalue weighted by atomic mass is 10.0. The molecule has 4 aromatic carbocycles. The third-order valence-electron chi connectivity index (χ3n) is 8.45. The van der Waals surface area contributed by atoms with Crippen molar-refractivity contribution in [3.05, 3.63) is 94.6 Å². The molecule has 3 heterocycles. The van der Waals surface area contributed by atoms with Crippen LogP contribution in [0, 0.1) is 0 Å². The summed E-state index contributed by atoms with van der Waals surface area (Å²) in [6.07, 6.45) is 5.01. The second-order valence-electron chi connectivity index (χ2n) is 11.0. The Morgan fingerprint density at radius 2 is 1.58 bits per heavy atom. The third kappa shape index (κ3) is 5.01. The summed E-state index contributed by atoms with van der Waals surface area (Å²) in [7, 11) is -9.16. The van der Waals surface area contributed by atoms with Crippen molar-refractivity contribution in [2.24, 2.45) is 0 Å². The van der Waals surface area contributed by atoms with Crippen LogP contribution in [0.5, 0.6) is 5.75 Å². The van der Waals surface area contributed by atoms with Crippen LogP contribution < -0.4 is 13.8 Å². The molecule has 1 spiro atoms. The SMILES string of the molecule is O=S(=O)([O-])CCC[n+]1c(C=CC=C2Oc3c(cc(Cl)c4ccccc34)[N+]23CCC3S(=O)(=O)[O-])oc2c3ccccc3c(Cl)cc21. The number of oxazole rings is 1. The fourth-order valence-electron chi connectivity index (χ4n) is 6.39. The molecule has 0 saturated carbocycles. The van der Waals surface area contributed by atoms with Gasteiger partial charge in [0.2, 0.25) is 11.3 Å². The van der Waals surface area contributed by atoms with E-state index in [1.807, 2.05) is 48.5 Å². The number of allylic oxidation sites excluding steroid dienone is 2. The fraction of sp³-hybridized carbons (Fsp3) is 0.194. The Kier molecular flexibility index (Phi) is 7.24. The monoisotopic (exact) mass is 686 g/mol. The number of hydrogen-bond acceptors (Lipinski definition) is 8. The molecule has 0 radical (unpaired) electrons. The number of quaternary nitrogens is 1. The van der Waals surface area contributed by atoms with Crippen LogP contribution in [0.1, 0.15) is 18.7 Å². The Morgan fingerprint density at radius 3 is 2.22 bits per heavy atom. The molecule has 0 bridgehead atoms. The summed E-state index contributed by atoms with van der Waals surface area (Å²) < 4.78 is 85.2. The number of nitrogens with zero attached hydrogens (tertiary/aromatic N) is 2. The van der Waals surface area contributed by atoms with E-state index in [9.17, 15) is 25.9 Å². The maximum Gasteiger partial charge on any atom is 0.374 e. The van der Waals surface area contributed by atoms with Gasteiger partial charge in [-0.05, 0) is 6.08 Å². The van der Waals surface area contributed by atoms with E-state index in [1.165, 1.54) is 0 Å². The molecule has 1 aromatic heterocycles. The fourth-order valence-corrected chi connectivity index (χ4v) is 8.57. The van der Waals surface area contributed by atoms with Crippen LogP contribution in [0.15, 0.2) is 83.1 Å². The highest BCUT2D eigenvalue weighted by molar-refractivity contribution is 7.86. The smallest absolute Gasteiger partial charge is 0.374 e. The molecule has 2 atom stereocenters. The Hall–Kier alpha value is -3.49. The quantitative estimate of drug-likeness (QED) is 0.119. The van der Waals surface area contributed by atoms with E-state index in [0.29, 0.717) is 50.4 Å². The lowest BCUT2D eigenvalue weighted by molar-refractivity contribution is -0.677. The molecule has 1 saturated heterocycles. The predicted molar refractivity (Wildman–Crippen MR) is 170 cm³/mol. The van der Waals surface area contributed by atoms with Crippen molar-refractivity contribution >= 4 is 87.8 Å². The van der Waals surface area contributed by atoms with Crippen LogP contribution in [0.25, 0.3) is 38.7 Å². The van der Waals surface area contributed by atoms with E-state index in [-0.39, 0.29) is 29.8 Å². The molecule has 0 aliphatic carbocycles. The number of ether oxygens (including phenoxy) is 1. The van der Waals surface area contributed by atoms with Crippen LogP contribution in [0.3, 0.4) is 0 Å². The highest BCUT2D eigenvalue weighted by Crippen LogP contribution is 2.56. The molecule has 1 fully saturated rings.